The molecule has 1 aromatic carbocycles. The second-order valence-electron chi connectivity index (χ2n) is 4.90. The molecule has 1 fully saturated rings. The number of aliphatic hydroxyl groups is 1. The van der Waals surface area contributed by atoms with E-state index in [1.165, 1.54) is 0 Å². The van der Waals surface area contributed by atoms with Crippen molar-refractivity contribution in [2.75, 3.05) is 20.3 Å². The van der Waals surface area contributed by atoms with Gasteiger partial charge in [0.05, 0.1) is 32.0 Å². The summed E-state index contributed by atoms with van der Waals surface area (Å²) in [5.41, 5.74) is 1.16. The molecule has 106 valence electrons. The van der Waals surface area contributed by atoms with E-state index >= 15 is 0 Å². The molecule has 1 aromatic rings. The first kappa shape index (κ1) is 14.5. The summed E-state index contributed by atoms with van der Waals surface area (Å²) in [5.74, 6) is 0. The summed E-state index contributed by atoms with van der Waals surface area (Å²) >= 11 is 0. The Labute approximate surface area is 114 Å². The van der Waals surface area contributed by atoms with E-state index in [4.69, 9.17) is 14.2 Å². The van der Waals surface area contributed by atoms with Gasteiger partial charge >= 0.3 is 0 Å². The molecule has 1 N–H and O–H groups in total. The van der Waals surface area contributed by atoms with Crippen LogP contribution < -0.4 is 0 Å². The van der Waals surface area contributed by atoms with Crippen molar-refractivity contribution < 1.29 is 19.3 Å². The highest BCUT2D eigenvalue weighted by Gasteiger charge is 2.30. The summed E-state index contributed by atoms with van der Waals surface area (Å²) in [6.45, 7) is 1.50. The summed E-state index contributed by atoms with van der Waals surface area (Å²) in [4.78, 5) is 0. The first-order valence-corrected chi connectivity index (χ1v) is 6.73. The molecular formula is C15H22O4. The highest BCUT2D eigenvalue weighted by atomic mass is 16.6. The molecule has 1 heterocycles. The zero-order chi connectivity index (χ0) is 13.5. The molecule has 1 saturated heterocycles. The van der Waals surface area contributed by atoms with E-state index in [9.17, 15) is 5.11 Å². The fraction of sp³-hybridized carbons (Fsp3) is 0.600. The van der Waals surface area contributed by atoms with Crippen LogP contribution in [0.2, 0.25) is 0 Å². The van der Waals surface area contributed by atoms with Crippen LogP contribution in [0.15, 0.2) is 30.3 Å². The van der Waals surface area contributed by atoms with Crippen molar-refractivity contribution in [3.05, 3.63) is 35.9 Å². The topological polar surface area (TPSA) is 47.9 Å². The Morgan fingerprint density at radius 1 is 1.32 bits per heavy atom. The van der Waals surface area contributed by atoms with E-state index in [2.05, 4.69) is 0 Å². The van der Waals surface area contributed by atoms with Crippen LogP contribution in [-0.4, -0.2) is 43.7 Å². The number of ether oxygens (including phenoxy) is 3. The van der Waals surface area contributed by atoms with Gasteiger partial charge in [0.1, 0.15) is 6.10 Å². The SMILES string of the molecule is COCC(O)[C@H]1CC[C@H](COCc2ccccc2)O1. The van der Waals surface area contributed by atoms with E-state index in [0.29, 0.717) is 19.8 Å². The van der Waals surface area contributed by atoms with Gasteiger partial charge in [-0.25, -0.2) is 0 Å². The Kier molecular flexibility index (Phi) is 5.79. The third-order valence-corrected chi connectivity index (χ3v) is 3.32. The van der Waals surface area contributed by atoms with Gasteiger partial charge in [-0.1, -0.05) is 30.3 Å². The van der Waals surface area contributed by atoms with Crippen molar-refractivity contribution in [3.8, 4) is 0 Å². The summed E-state index contributed by atoms with van der Waals surface area (Å²) < 4.78 is 16.3. The minimum Gasteiger partial charge on any atom is -0.388 e. The molecule has 0 saturated carbocycles. The van der Waals surface area contributed by atoms with Gasteiger partial charge in [-0.3, -0.25) is 0 Å². The summed E-state index contributed by atoms with van der Waals surface area (Å²) in [6.07, 6.45) is 1.22. The second-order valence-corrected chi connectivity index (χ2v) is 4.90. The fourth-order valence-electron chi connectivity index (χ4n) is 2.30. The first-order chi connectivity index (χ1) is 9.29. The maximum atomic E-state index is 9.78. The molecule has 4 heteroatoms. The molecule has 0 amide bonds. The molecule has 0 radical (unpaired) electrons. The van der Waals surface area contributed by atoms with Gasteiger partial charge in [-0.05, 0) is 18.4 Å². The lowest BCUT2D eigenvalue weighted by atomic mass is 10.1. The quantitative estimate of drug-likeness (QED) is 0.817. The molecule has 4 nitrogen and oxygen atoms in total. The van der Waals surface area contributed by atoms with E-state index in [1.54, 1.807) is 7.11 Å². The van der Waals surface area contributed by atoms with Gasteiger partial charge in [-0.2, -0.15) is 0 Å². The maximum Gasteiger partial charge on any atom is 0.103 e. The molecule has 3 atom stereocenters. The van der Waals surface area contributed by atoms with Crippen LogP contribution in [0.1, 0.15) is 18.4 Å². The third-order valence-electron chi connectivity index (χ3n) is 3.32. The van der Waals surface area contributed by atoms with Crippen molar-refractivity contribution in [1.82, 2.24) is 0 Å². The van der Waals surface area contributed by atoms with Crippen molar-refractivity contribution in [1.29, 1.82) is 0 Å². The van der Waals surface area contributed by atoms with E-state index in [0.717, 1.165) is 18.4 Å². The van der Waals surface area contributed by atoms with Crippen LogP contribution >= 0.6 is 0 Å². The molecule has 19 heavy (non-hydrogen) atoms. The first-order valence-electron chi connectivity index (χ1n) is 6.73. The highest BCUT2D eigenvalue weighted by Crippen LogP contribution is 2.23. The number of rotatable bonds is 7. The zero-order valence-electron chi connectivity index (χ0n) is 11.3. The van der Waals surface area contributed by atoms with Crippen molar-refractivity contribution >= 4 is 0 Å². The highest BCUT2D eigenvalue weighted by molar-refractivity contribution is 5.13. The van der Waals surface area contributed by atoms with Crippen molar-refractivity contribution in [2.45, 2.75) is 37.8 Å². The summed E-state index contributed by atoms with van der Waals surface area (Å²) in [5, 5.41) is 9.78. The summed E-state index contributed by atoms with van der Waals surface area (Å²) in [7, 11) is 1.58. The fourth-order valence-corrected chi connectivity index (χ4v) is 2.30. The van der Waals surface area contributed by atoms with Crippen LogP contribution in [0.5, 0.6) is 0 Å². The molecule has 1 aliphatic rings. The predicted molar refractivity (Wildman–Crippen MR) is 71.9 cm³/mol. The molecular weight excluding hydrogens is 244 g/mol. The van der Waals surface area contributed by atoms with Crippen molar-refractivity contribution in [3.63, 3.8) is 0 Å². The molecule has 1 unspecified atom stereocenters. The Morgan fingerprint density at radius 3 is 2.84 bits per heavy atom. The maximum absolute atomic E-state index is 9.78. The smallest absolute Gasteiger partial charge is 0.103 e. The van der Waals surface area contributed by atoms with Crippen LogP contribution in [0.25, 0.3) is 0 Å². The van der Waals surface area contributed by atoms with Crippen LogP contribution in [0.3, 0.4) is 0 Å². The molecule has 1 aliphatic heterocycles. The van der Waals surface area contributed by atoms with Gasteiger partial charge < -0.3 is 19.3 Å². The van der Waals surface area contributed by atoms with Crippen LogP contribution in [-0.2, 0) is 20.8 Å². The van der Waals surface area contributed by atoms with Gasteiger partial charge in [0.25, 0.3) is 0 Å². The molecule has 0 spiro atoms. The van der Waals surface area contributed by atoms with Crippen LogP contribution in [0.4, 0.5) is 0 Å². The molecule has 0 bridgehead atoms. The lowest BCUT2D eigenvalue weighted by Gasteiger charge is -2.18. The van der Waals surface area contributed by atoms with Crippen molar-refractivity contribution in [2.24, 2.45) is 0 Å². The van der Waals surface area contributed by atoms with Gasteiger partial charge in [-0.15, -0.1) is 0 Å². The Bertz CT molecular complexity index is 354. The standard InChI is InChI=1S/C15H22O4/c1-17-11-14(16)15-8-7-13(19-15)10-18-9-12-5-3-2-4-6-12/h2-6,13-16H,7-11H2,1H3/t13-,14?,15-/m1/s1. The largest absolute Gasteiger partial charge is 0.388 e. The van der Waals surface area contributed by atoms with E-state index < -0.39 is 6.10 Å². The zero-order valence-corrected chi connectivity index (χ0v) is 11.3. The lowest BCUT2D eigenvalue weighted by molar-refractivity contribution is -0.0799. The Hall–Kier alpha value is -0.940. The van der Waals surface area contributed by atoms with Gasteiger partial charge in [0.2, 0.25) is 0 Å². The lowest BCUT2D eigenvalue weighted by Crippen LogP contribution is -2.31. The van der Waals surface area contributed by atoms with Crippen LogP contribution in [0, 0.1) is 0 Å². The number of hydrogen-bond acceptors (Lipinski definition) is 4. The van der Waals surface area contributed by atoms with E-state index in [1.807, 2.05) is 30.3 Å². The Balaban J connectivity index is 1.65. The third kappa shape index (κ3) is 4.58. The van der Waals surface area contributed by atoms with E-state index in [-0.39, 0.29) is 12.2 Å². The number of aliphatic hydroxyl groups excluding tert-OH is 1. The summed E-state index contributed by atoms with van der Waals surface area (Å²) in [6, 6.07) is 10.1. The minimum absolute atomic E-state index is 0.0835. The predicted octanol–water partition coefficient (Wildman–Crippen LogP) is 1.76. The Morgan fingerprint density at radius 2 is 2.11 bits per heavy atom. The normalized spacial score (nSPS) is 24.5. The molecule has 2 rings (SSSR count). The second kappa shape index (κ2) is 7.60. The molecule has 0 aromatic heterocycles. The number of benzene rings is 1. The minimum atomic E-state index is -0.538. The monoisotopic (exact) mass is 266 g/mol. The van der Waals surface area contributed by atoms with Gasteiger partial charge in [0, 0.05) is 7.11 Å². The number of methoxy groups -OCH3 is 1. The number of hydrogen-bond donors (Lipinski definition) is 1. The molecule has 0 aliphatic carbocycles. The average molecular weight is 266 g/mol. The van der Waals surface area contributed by atoms with Gasteiger partial charge in [0.15, 0.2) is 0 Å². The average Bonchev–Trinajstić information content (AvgIpc) is 2.89.